The molecule has 0 bridgehead atoms. The van der Waals surface area contributed by atoms with Crippen molar-refractivity contribution < 1.29 is 0 Å². The predicted molar refractivity (Wildman–Crippen MR) is 56.0 cm³/mol. The maximum absolute atomic E-state index is 3.44. The molecule has 1 fully saturated rings. The fourth-order valence-electron chi connectivity index (χ4n) is 2.30. The Morgan fingerprint density at radius 2 is 2.08 bits per heavy atom. The number of benzene rings is 1. The third-order valence-electron chi connectivity index (χ3n) is 3.16. The SMILES string of the molecule is Cc1ccccc1C1(C)CCNC1. The lowest BCUT2D eigenvalue weighted by atomic mass is 9.80. The van der Waals surface area contributed by atoms with E-state index in [2.05, 4.69) is 43.4 Å². The van der Waals surface area contributed by atoms with E-state index in [1.165, 1.54) is 17.5 Å². The quantitative estimate of drug-likeness (QED) is 0.690. The fraction of sp³-hybridized carbons (Fsp3) is 0.500. The Bertz CT molecular complexity index is 298. The van der Waals surface area contributed by atoms with Crippen LogP contribution in [0.4, 0.5) is 0 Å². The van der Waals surface area contributed by atoms with Crippen LogP contribution in [-0.2, 0) is 5.41 Å². The van der Waals surface area contributed by atoms with E-state index < -0.39 is 0 Å². The zero-order valence-electron chi connectivity index (χ0n) is 8.43. The Balaban J connectivity index is 2.39. The van der Waals surface area contributed by atoms with Gasteiger partial charge in [0.2, 0.25) is 0 Å². The van der Waals surface area contributed by atoms with E-state index in [0.29, 0.717) is 5.41 Å². The Labute approximate surface area is 80.2 Å². The van der Waals surface area contributed by atoms with E-state index in [-0.39, 0.29) is 0 Å². The monoisotopic (exact) mass is 175 g/mol. The zero-order chi connectivity index (χ0) is 9.31. The maximum atomic E-state index is 3.44. The van der Waals surface area contributed by atoms with Crippen LogP contribution in [-0.4, -0.2) is 13.1 Å². The van der Waals surface area contributed by atoms with Crippen LogP contribution in [0, 0.1) is 6.92 Å². The smallest absolute Gasteiger partial charge is 0.00642 e. The van der Waals surface area contributed by atoms with E-state index in [9.17, 15) is 0 Å². The van der Waals surface area contributed by atoms with Crippen molar-refractivity contribution in [2.24, 2.45) is 0 Å². The number of rotatable bonds is 1. The lowest BCUT2D eigenvalue weighted by Gasteiger charge is -2.25. The number of hydrogen-bond donors (Lipinski definition) is 1. The van der Waals surface area contributed by atoms with Gasteiger partial charge in [-0.05, 0) is 31.0 Å². The number of nitrogens with one attached hydrogen (secondary N) is 1. The second kappa shape index (κ2) is 3.15. The minimum Gasteiger partial charge on any atom is -0.316 e. The van der Waals surface area contributed by atoms with Gasteiger partial charge in [0, 0.05) is 12.0 Å². The van der Waals surface area contributed by atoms with Crippen molar-refractivity contribution in [1.29, 1.82) is 0 Å². The van der Waals surface area contributed by atoms with E-state index in [0.717, 1.165) is 13.1 Å². The fourth-order valence-corrected chi connectivity index (χ4v) is 2.30. The first kappa shape index (κ1) is 8.76. The van der Waals surface area contributed by atoms with Gasteiger partial charge in [0.1, 0.15) is 0 Å². The van der Waals surface area contributed by atoms with Crippen molar-refractivity contribution in [1.82, 2.24) is 5.32 Å². The van der Waals surface area contributed by atoms with E-state index >= 15 is 0 Å². The summed E-state index contributed by atoms with van der Waals surface area (Å²) in [5, 5.41) is 3.44. The van der Waals surface area contributed by atoms with Crippen molar-refractivity contribution in [3.63, 3.8) is 0 Å². The molecule has 1 aliphatic rings. The molecule has 1 saturated heterocycles. The topological polar surface area (TPSA) is 12.0 Å². The summed E-state index contributed by atoms with van der Waals surface area (Å²) in [6.45, 7) is 6.84. The van der Waals surface area contributed by atoms with Crippen LogP contribution in [0.5, 0.6) is 0 Å². The van der Waals surface area contributed by atoms with Gasteiger partial charge < -0.3 is 5.32 Å². The molecule has 0 aromatic heterocycles. The Morgan fingerprint density at radius 1 is 1.31 bits per heavy atom. The predicted octanol–water partition coefficient (Wildman–Crippen LogP) is 2.25. The van der Waals surface area contributed by atoms with E-state index in [4.69, 9.17) is 0 Å². The minimum absolute atomic E-state index is 0.366. The van der Waals surface area contributed by atoms with Gasteiger partial charge in [-0.15, -0.1) is 0 Å². The lowest BCUT2D eigenvalue weighted by molar-refractivity contribution is 0.522. The standard InChI is InChI=1S/C12H17N/c1-10-5-3-4-6-11(10)12(2)7-8-13-9-12/h3-6,13H,7-9H2,1-2H3. The molecule has 1 nitrogen and oxygen atoms in total. The van der Waals surface area contributed by atoms with Crippen LogP contribution in [0.3, 0.4) is 0 Å². The van der Waals surface area contributed by atoms with Gasteiger partial charge in [-0.3, -0.25) is 0 Å². The first-order valence-corrected chi connectivity index (χ1v) is 4.99. The summed E-state index contributed by atoms with van der Waals surface area (Å²) in [5.74, 6) is 0. The average Bonchev–Trinajstić information content (AvgIpc) is 2.54. The maximum Gasteiger partial charge on any atom is 0.00642 e. The van der Waals surface area contributed by atoms with Crippen molar-refractivity contribution in [2.75, 3.05) is 13.1 Å². The first-order chi connectivity index (χ1) is 6.22. The highest BCUT2D eigenvalue weighted by Crippen LogP contribution is 2.31. The van der Waals surface area contributed by atoms with Crippen LogP contribution in [0.1, 0.15) is 24.5 Å². The molecule has 1 atom stereocenters. The number of hydrogen-bond acceptors (Lipinski definition) is 1. The normalized spacial score (nSPS) is 27.8. The third-order valence-corrected chi connectivity index (χ3v) is 3.16. The van der Waals surface area contributed by atoms with E-state index in [1.807, 2.05) is 0 Å². The third kappa shape index (κ3) is 1.49. The molecule has 2 rings (SSSR count). The molecule has 1 heterocycles. The van der Waals surface area contributed by atoms with Crippen LogP contribution in [0.15, 0.2) is 24.3 Å². The molecule has 0 radical (unpaired) electrons. The summed E-state index contributed by atoms with van der Waals surface area (Å²) < 4.78 is 0. The minimum atomic E-state index is 0.366. The van der Waals surface area contributed by atoms with Gasteiger partial charge in [0.15, 0.2) is 0 Å². The molecule has 1 heteroatoms. The Morgan fingerprint density at radius 3 is 2.69 bits per heavy atom. The molecule has 1 aromatic rings. The van der Waals surface area contributed by atoms with Crippen LogP contribution in [0.2, 0.25) is 0 Å². The summed E-state index contributed by atoms with van der Waals surface area (Å²) in [6.07, 6.45) is 1.26. The van der Waals surface area contributed by atoms with E-state index in [1.54, 1.807) is 0 Å². The number of aryl methyl sites for hydroxylation is 1. The molecule has 13 heavy (non-hydrogen) atoms. The molecule has 1 aromatic carbocycles. The Kier molecular flexibility index (Phi) is 2.12. The highest BCUT2D eigenvalue weighted by molar-refractivity contribution is 5.34. The molecule has 70 valence electrons. The van der Waals surface area contributed by atoms with Gasteiger partial charge in [0.25, 0.3) is 0 Å². The molecular formula is C12H17N. The molecular weight excluding hydrogens is 158 g/mol. The highest BCUT2D eigenvalue weighted by Gasteiger charge is 2.31. The van der Waals surface area contributed by atoms with Gasteiger partial charge in [0.05, 0.1) is 0 Å². The average molecular weight is 175 g/mol. The second-order valence-electron chi connectivity index (χ2n) is 4.30. The summed E-state index contributed by atoms with van der Waals surface area (Å²) in [7, 11) is 0. The molecule has 1 aliphatic heterocycles. The molecule has 1 N–H and O–H groups in total. The van der Waals surface area contributed by atoms with Gasteiger partial charge in [-0.25, -0.2) is 0 Å². The van der Waals surface area contributed by atoms with Gasteiger partial charge in [-0.1, -0.05) is 31.2 Å². The summed E-state index contributed by atoms with van der Waals surface area (Å²) >= 11 is 0. The summed E-state index contributed by atoms with van der Waals surface area (Å²) in [5.41, 5.74) is 3.31. The van der Waals surface area contributed by atoms with Crippen molar-refractivity contribution >= 4 is 0 Å². The second-order valence-corrected chi connectivity index (χ2v) is 4.30. The highest BCUT2D eigenvalue weighted by atomic mass is 14.9. The summed E-state index contributed by atoms with van der Waals surface area (Å²) in [6, 6.07) is 8.73. The van der Waals surface area contributed by atoms with Crippen molar-refractivity contribution in [3.05, 3.63) is 35.4 Å². The zero-order valence-corrected chi connectivity index (χ0v) is 8.43. The van der Waals surface area contributed by atoms with Crippen LogP contribution in [0.25, 0.3) is 0 Å². The van der Waals surface area contributed by atoms with Crippen LogP contribution >= 0.6 is 0 Å². The van der Waals surface area contributed by atoms with Crippen molar-refractivity contribution in [3.8, 4) is 0 Å². The molecule has 0 aliphatic carbocycles. The molecule has 0 amide bonds. The van der Waals surface area contributed by atoms with Gasteiger partial charge in [-0.2, -0.15) is 0 Å². The molecule has 0 spiro atoms. The molecule has 0 saturated carbocycles. The lowest BCUT2D eigenvalue weighted by Crippen LogP contribution is -2.25. The van der Waals surface area contributed by atoms with Crippen molar-refractivity contribution in [2.45, 2.75) is 25.7 Å². The van der Waals surface area contributed by atoms with Crippen LogP contribution < -0.4 is 5.32 Å². The largest absolute Gasteiger partial charge is 0.316 e. The van der Waals surface area contributed by atoms with Gasteiger partial charge >= 0.3 is 0 Å². The first-order valence-electron chi connectivity index (χ1n) is 4.99. The Hall–Kier alpha value is -0.820. The molecule has 1 unspecified atom stereocenters. The summed E-state index contributed by atoms with van der Waals surface area (Å²) in [4.78, 5) is 0.